The molecular formula is C24H23N5. The van der Waals surface area contributed by atoms with Crippen molar-refractivity contribution in [1.29, 1.82) is 5.26 Å². The maximum absolute atomic E-state index is 9.56. The van der Waals surface area contributed by atoms with Gasteiger partial charge in [0, 0.05) is 43.2 Å². The van der Waals surface area contributed by atoms with Crippen molar-refractivity contribution in [3.63, 3.8) is 0 Å². The Kier molecular flexibility index (Phi) is 4.77. The first-order chi connectivity index (χ1) is 14.0. The van der Waals surface area contributed by atoms with Gasteiger partial charge in [-0.3, -0.25) is 0 Å². The van der Waals surface area contributed by atoms with Crippen LogP contribution in [-0.2, 0) is 0 Å². The molecule has 0 N–H and O–H groups in total. The number of nitrogens with zero attached hydrogens (tertiary/aromatic N) is 5. The van der Waals surface area contributed by atoms with E-state index in [-0.39, 0.29) is 0 Å². The van der Waals surface area contributed by atoms with Crippen LogP contribution in [0.2, 0.25) is 0 Å². The molecule has 29 heavy (non-hydrogen) atoms. The van der Waals surface area contributed by atoms with E-state index in [1.54, 1.807) is 10.7 Å². The minimum absolute atomic E-state index is 0.493. The van der Waals surface area contributed by atoms with E-state index in [0.717, 1.165) is 33.6 Å². The zero-order chi connectivity index (χ0) is 20.5. The highest BCUT2D eigenvalue weighted by Gasteiger charge is 2.14. The summed E-state index contributed by atoms with van der Waals surface area (Å²) in [4.78, 5) is 6.51. The molecule has 0 amide bonds. The van der Waals surface area contributed by atoms with Gasteiger partial charge in [0.1, 0.15) is 11.9 Å². The van der Waals surface area contributed by atoms with E-state index in [1.807, 2.05) is 43.5 Å². The summed E-state index contributed by atoms with van der Waals surface area (Å²) in [5.41, 5.74) is 6.73. The fourth-order valence-electron chi connectivity index (χ4n) is 3.45. The molecule has 5 heteroatoms. The van der Waals surface area contributed by atoms with Crippen molar-refractivity contribution in [3.8, 4) is 28.3 Å². The first-order valence-electron chi connectivity index (χ1n) is 9.63. The van der Waals surface area contributed by atoms with Crippen LogP contribution in [0.5, 0.6) is 0 Å². The van der Waals surface area contributed by atoms with Crippen LogP contribution < -0.4 is 4.90 Å². The number of aromatic nitrogens is 3. The summed E-state index contributed by atoms with van der Waals surface area (Å²) in [7, 11) is 3.93. The van der Waals surface area contributed by atoms with Crippen LogP contribution in [0.15, 0.2) is 61.1 Å². The number of pyridine rings is 2. The van der Waals surface area contributed by atoms with Gasteiger partial charge in [0.2, 0.25) is 0 Å². The van der Waals surface area contributed by atoms with Gasteiger partial charge in [-0.25, -0.2) is 9.50 Å². The summed E-state index contributed by atoms with van der Waals surface area (Å²) < 4.78 is 1.79. The summed E-state index contributed by atoms with van der Waals surface area (Å²) in [6.45, 7) is 4.38. The average Bonchev–Trinajstić information content (AvgIpc) is 3.16. The Morgan fingerprint density at radius 3 is 2.28 bits per heavy atom. The van der Waals surface area contributed by atoms with Gasteiger partial charge in [-0.05, 0) is 35.2 Å². The largest absolute Gasteiger partial charge is 0.363 e. The molecule has 3 aromatic heterocycles. The van der Waals surface area contributed by atoms with Gasteiger partial charge in [0.15, 0.2) is 0 Å². The van der Waals surface area contributed by atoms with E-state index in [2.05, 4.69) is 60.3 Å². The molecule has 0 radical (unpaired) electrons. The van der Waals surface area contributed by atoms with Crippen molar-refractivity contribution in [2.45, 2.75) is 19.8 Å². The second-order valence-corrected chi connectivity index (χ2v) is 7.68. The van der Waals surface area contributed by atoms with Crippen molar-refractivity contribution in [2.75, 3.05) is 19.0 Å². The summed E-state index contributed by atoms with van der Waals surface area (Å²) in [5, 5.41) is 14.0. The molecule has 1 aromatic carbocycles. The molecule has 144 valence electrons. The molecule has 0 aliphatic carbocycles. The van der Waals surface area contributed by atoms with Gasteiger partial charge in [0.25, 0.3) is 0 Å². The molecule has 4 rings (SSSR count). The van der Waals surface area contributed by atoms with Crippen LogP contribution in [0, 0.1) is 11.3 Å². The summed E-state index contributed by atoms with van der Waals surface area (Å²) >= 11 is 0. The highest BCUT2D eigenvalue weighted by atomic mass is 15.2. The third-order valence-electron chi connectivity index (χ3n) is 5.16. The van der Waals surface area contributed by atoms with Crippen molar-refractivity contribution in [3.05, 3.63) is 72.2 Å². The molecule has 0 saturated heterocycles. The molecule has 0 unspecified atom stereocenters. The van der Waals surface area contributed by atoms with Gasteiger partial charge in [-0.15, -0.1) is 0 Å². The molecule has 0 aliphatic heterocycles. The molecule has 0 saturated carbocycles. The second-order valence-electron chi connectivity index (χ2n) is 7.68. The number of hydrogen-bond acceptors (Lipinski definition) is 4. The fraction of sp³-hybridized carbons (Fsp3) is 0.208. The molecule has 0 aliphatic rings. The van der Waals surface area contributed by atoms with Gasteiger partial charge >= 0.3 is 0 Å². The summed E-state index contributed by atoms with van der Waals surface area (Å²) in [6.07, 6.45) is 5.45. The zero-order valence-corrected chi connectivity index (χ0v) is 17.1. The minimum Gasteiger partial charge on any atom is -0.363 e. The lowest BCUT2D eigenvalue weighted by Crippen LogP contribution is -2.10. The molecule has 0 spiro atoms. The third kappa shape index (κ3) is 3.45. The Balaban J connectivity index is 1.89. The van der Waals surface area contributed by atoms with E-state index >= 15 is 0 Å². The van der Waals surface area contributed by atoms with Crippen molar-refractivity contribution < 1.29 is 0 Å². The van der Waals surface area contributed by atoms with E-state index in [9.17, 15) is 5.26 Å². The highest BCUT2D eigenvalue weighted by Crippen LogP contribution is 2.32. The number of hydrogen-bond donors (Lipinski definition) is 0. The Labute approximate surface area is 170 Å². The summed E-state index contributed by atoms with van der Waals surface area (Å²) in [5.74, 6) is 1.38. The molecule has 5 nitrogen and oxygen atoms in total. The Hall–Kier alpha value is -3.65. The summed E-state index contributed by atoms with van der Waals surface area (Å²) in [6, 6.07) is 17.0. The Bertz CT molecular complexity index is 1190. The Morgan fingerprint density at radius 2 is 1.69 bits per heavy atom. The average molecular weight is 381 g/mol. The van der Waals surface area contributed by atoms with Crippen LogP contribution >= 0.6 is 0 Å². The monoisotopic (exact) mass is 381 g/mol. The lowest BCUT2D eigenvalue weighted by Gasteiger charge is -2.13. The molecule has 4 aromatic rings. The van der Waals surface area contributed by atoms with Crippen LogP contribution in [0.3, 0.4) is 0 Å². The van der Waals surface area contributed by atoms with Crippen molar-refractivity contribution in [2.24, 2.45) is 0 Å². The normalized spacial score (nSPS) is 11.0. The van der Waals surface area contributed by atoms with E-state index in [1.165, 1.54) is 5.56 Å². The molecule has 0 fully saturated rings. The first-order valence-corrected chi connectivity index (χ1v) is 9.63. The van der Waals surface area contributed by atoms with Crippen LogP contribution in [0.1, 0.15) is 30.9 Å². The van der Waals surface area contributed by atoms with Crippen LogP contribution in [0.25, 0.3) is 27.8 Å². The number of rotatable bonds is 4. The number of anilines is 1. The van der Waals surface area contributed by atoms with Gasteiger partial charge in [-0.2, -0.15) is 10.4 Å². The fourth-order valence-corrected chi connectivity index (χ4v) is 3.45. The lowest BCUT2D eigenvalue weighted by atomic mass is 9.97. The lowest BCUT2D eigenvalue weighted by molar-refractivity contribution is 0.867. The van der Waals surface area contributed by atoms with E-state index < -0.39 is 0 Å². The maximum atomic E-state index is 9.56. The first kappa shape index (κ1) is 18.7. The van der Waals surface area contributed by atoms with E-state index in [0.29, 0.717) is 11.5 Å². The molecule has 0 bridgehead atoms. The predicted molar refractivity (Wildman–Crippen MR) is 117 cm³/mol. The topological polar surface area (TPSA) is 57.2 Å². The Morgan fingerprint density at radius 1 is 0.966 bits per heavy atom. The van der Waals surface area contributed by atoms with Gasteiger partial charge < -0.3 is 4.90 Å². The molecular weight excluding hydrogens is 358 g/mol. The van der Waals surface area contributed by atoms with E-state index in [4.69, 9.17) is 0 Å². The minimum atomic E-state index is 0.493. The van der Waals surface area contributed by atoms with Crippen molar-refractivity contribution >= 4 is 11.3 Å². The predicted octanol–water partition coefficient (Wildman–Crippen LogP) is 5.12. The van der Waals surface area contributed by atoms with Crippen LogP contribution in [0.4, 0.5) is 5.82 Å². The number of fused-ring (bicyclic) bond motifs is 1. The maximum Gasteiger partial charge on any atom is 0.127 e. The quantitative estimate of drug-likeness (QED) is 0.492. The number of nitriles is 1. The standard InChI is InChI=1S/C24H23N5/c1-16(2)17-5-7-18(8-6-17)20-11-22(19-9-10-23(26-13-19)28(3)4)24-21(12-25)14-27-29(24)15-20/h5-11,13-16H,1-4H3. The highest BCUT2D eigenvalue weighted by molar-refractivity contribution is 5.87. The third-order valence-corrected chi connectivity index (χ3v) is 5.16. The molecule has 3 heterocycles. The zero-order valence-electron chi connectivity index (χ0n) is 17.1. The SMILES string of the molecule is CC(C)c1ccc(-c2cc(-c3ccc(N(C)C)nc3)c3c(C#N)cnn3c2)cc1. The smallest absolute Gasteiger partial charge is 0.127 e. The van der Waals surface area contributed by atoms with Gasteiger partial charge in [0.05, 0.1) is 17.3 Å². The second kappa shape index (κ2) is 7.40. The number of benzene rings is 1. The van der Waals surface area contributed by atoms with Crippen LogP contribution in [-0.4, -0.2) is 28.7 Å². The van der Waals surface area contributed by atoms with Crippen molar-refractivity contribution in [1.82, 2.24) is 14.6 Å². The van der Waals surface area contributed by atoms with Gasteiger partial charge in [-0.1, -0.05) is 38.1 Å². The molecule has 0 atom stereocenters.